The fourth-order valence-corrected chi connectivity index (χ4v) is 0.768. The lowest BCUT2D eigenvalue weighted by Crippen LogP contribution is -2.38. The molecular formula is C7H16N2O2. The predicted molar refractivity (Wildman–Crippen MR) is 43.2 cm³/mol. The number of carboxylic acid groups (broad SMARTS) is 1. The third-order valence-electron chi connectivity index (χ3n) is 1.44. The number of hydrogen-bond donors (Lipinski definition) is 2. The van der Waals surface area contributed by atoms with Crippen LogP contribution in [-0.2, 0) is 4.79 Å². The highest BCUT2D eigenvalue weighted by molar-refractivity contribution is 5.66. The van der Waals surface area contributed by atoms with E-state index in [1.165, 1.54) is 0 Å². The molecule has 0 saturated carbocycles. The van der Waals surface area contributed by atoms with Crippen molar-refractivity contribution in [2.75, 3.05) is 19.6 Å². The minimum Gasteiger partial charge on any atom is -0.481 e. The Balaban J connectivity index is 3.28. The first-order valence-corrected chi connectivity index (χ1v) is 3.91. The Morgan fingerprint density at radius 2 is 2.00 bits per heavy atom. The first-order chi connectivity index (χ1) is 5.20. The first-order valence-electron chi connectivity index (χ1n) is 3.91. The van der Waals surface area contributed by atoms with Crippen molar-refractivity contribution >= 4 is 5.97 Å². The van der Waals surface area contributed by atoms with Crippen LogP contribution in [0.5, 0.6) is 0 Å². The normalized spacial score (nSPS) is 10.5. The van der Waals surface area contributed by atoms with Gasteiger partial charge in [0, 0.05) is 19.6 Å². The minimum absolute atomic E-state index is 0.177. The van der Waals surface area contributed by atoms with Gasteiger partial charge in [0.25, 0.3) is 0 Å². The van der Waals surface area contributed by atoms with Gasteiger partial charge in [-0.15, -0.1) is 0 Å². The number of rotatable bonds is 6. The molecule has 0 aromatic carbocycles. The summed E-state index contributed by atoms with van der Waals surface area (Å²) < 4.78 is 0. The zero-order chi connectivity index (χ0) is 8.69. The largest absolute Gasteiger partial charge is 0.481 e. The first kappa shape index (κ1) is 10.4. The van der Waals surface area contributed by atoms with Crippen LogP contribution < -0.4 is 5.43 Å². The van der Waals surface area contributed by atoms with Crippen molar-refractivity contribution < 1.29 is 9.90 Å². The summed E-state index contributed by atoms with van der Waals surface area (Å²) in [7, 11) is 0. The van der Waals surface area contributed by atoms with Gasteiger partial charge in [-0.05, 0) is 0 Å². The lowest BCUT2D eigenvalue weighted by Gasteiger charge is -2.18. The number of hydrazine groups is 1. The van der Waals surface area contributed by atoms with Crippen LogP contribution in [0.3, 0.4) is 0 Å². The van der Waals surface area contributed by atoms with Gasteiger partial charge >= 0.3 is 5.97 Å². The van der Waals surface area contributed by atoms with E-state index in [-0.39, 0.29) is 6.42 Å². The molecule has 2 N–H and O–H groups in total. The smallest absolute Gasteiger partial charge is 0.304 e. The predicted octanol–water partition coefficient (Wildman–Crippen LogP) is 0.307. The van der Waals surface area contributed by atoms with Crippen molar-refractivity contribution in [2.24, 2.45) is 0 Å². The summed E-state index contributed by atoms with van der Waals surface area (Å²) in [6.07, 6.45) is 0.177. The maximum absolute atomic E-state index is 10.1. The monoisotopic (exact) mass is 160 g/mol. The summed E-state index contributed by atoms with van der Waals surface area (Å²) in [5.74, 6) is -0.760. The second-order valence-corrected chi connectivity index (χ2v) is 2.22. The molecule has 0 aliphatic rings. The van der Waals surface area contributed by atoms with Gasteiger partial charge in [0.15, 0.2) is 0 Å². The number of hydrogen-bond acceptors (Lipinski definition) is 3. The van der Waals surface area contributed by atoms with Crippen molar-refractivity contribution in [3.05, 3.63) is 0 Å². The summed E-state index contributed by atoms with van der Waals surface area (Å²) in [5, 5.41) is 10.3. The Labute approximate surface area is 67.2 Å². The van der Waals surface area contributed by atoms with Crippen molar-refractivity contribution in [1.82, 2.24) is 10.4 Å². The number of nitrogens with zero attached hydrogens (tertiary/aromatic N) is 1. The minimum atomic E-state index is -0.760. The molecule has 11 heavy (non-hydrogen) atoms. The molecule has 0 radical (unpaired) electrons. The maximum Gasteiger partial charge on any atom is 0.304 e. The fraction of sp³-hybridized carbons (Fsp3) is 0.857. The van der Waals surface area contributed by atoms with Crippen molar-refractivity contribution in [3.63, 3.8) is 0 Å². The van der Waals surface area contributed by atoms with E-state index in [0.29, 0.717) is 6.54 Å². The van der Waals surface area contributed by atoms with Gasteiger partial charge in [-0.1, -0.05) is 13.8 Å². The molecule has 0 fully saturated rings. The lowest BCUT2D eigenvalue weighted by molar-refractivity contribution is -0.137. The molecule has 0 aromatic heterocycles. The fourth-order valence-electron chi connectivity index (χ4n) is 0.768. The molecule has 0 atom stereocenters. The van der Waals surface area contributed by atoms with Crippen LogP contribution in [0.1, 0.15) is 20.3 Å². The molecule has 0 heterocycles. The summed E-state index contributed by atoms with van der Waals surface area (Å²) >= 11 is 0. The van der Waals surface area contributed by atoms with Gasteiger partial charge < -0.3 is 5.11 Å². The lowest BCUT2D eigenvalue weighted by atomic mass is 10.4. The van der Waals surface area contributed by atoms with E-state index in [2.05, 4.69) is 5.43 Å². The Morgan fingerprint density at radius 3 is 2.36 bits per heavy atom. The number of carbonyl (C=O) groups is 1. The standard InChI is InChI=1S/C7H16N2O2/c1-3-9(4-2)8-6-5-7(10)11/h8H,3-6H2,1-2H3,(H,10,11). The van der Waals surface area contributed by atoms with E-state index in [9.17, 15) is 4.79 Å². The van der Waals surface area contributed by atoms with E-state index in [4.69, 9.17) is 5.11 Å². The molecular weight excluding hydrogens is 144 g/mol. The van der Waals surface area contributed by atoms with Gasteiger partial charge in [0.1, 0.15) is 0 Å². The van der Waals surface area contributed by atoms with Gasteiger partial charge in [-0.3, -0.25) is 10.2 Å². The highest BCUT2D eigenvalue weighted by Gasteiger charge is 1.99. The Kier molecular flexibility index (Phi) is 5.78. The molecule has 66 valence electrons. The quantitative estimate of drug-likeness (QED) is 0.549. The molecule has 0 rings (SSSR count). The maximum atomic E-state index is 10.1. The zero-order valence-corrected chi connectivity index (χ0v) is 7.13. The van der Waals surface area contributed by atoms with E-state index < -0.39 is 5.97 Å². The van der Waals surface area contributed by atoms with Crippen LogP contribution in [-0.4, -0.2) is 35.7 Å². The highest BCUT2D eigenvalue weighted by Crippen LogP contribution is 1.81. The summed E-state index contributed by atoms with van der Waals surface area (Å²) in [4.78, 5) is 10.1. The molecule has 0 aliphatic carbocycles. The molecule has 4 nitrogen and oxygen atoms in total. The topological polar surface area (TPSA) is 52.6 Å². The van der Waals surface area contributed by atoms with Crippen LogP contribution >= 0.6 is 0 Å². The van der Waals surface area contributed by atoms with Crippen LogP contribution in [0.2, 0.25) is 0 Å². The van der Waals surface area contributed by atoms with Crippen molar-refractivity contribution in [1.29, 1.82) is 0 Å². The third kappa shape index (κ3) is 5.82. The third-order valence-corrected chi connectivity index (χ3v) is 1.44. The van der Waals surface area contributed by atoms with Crippen LogP contribution in [0.4, 0.5) is 0 Å². The molecule has 0 spiro atoms. The Hall–Kier alpha value is -0.610. The molecule has 0 aromatic rings. The van der Waals surface area contributed by atoms with Gasteiger partial charge in [0.05, 0.1) is 6.42 Å². The van der Waals surface area contributed by atoms with Crippen LogP contribution in [0, 0.1) is 0 Å². The number of aliphatic carboxylic acids is 1. The molecule has 0 aliphatic heterocycles. The molecule has 0 unspecified atom stereocenters. The second-order valence-electron chi connectivity index (χ2n) is 2.22. The number of carboxylic acids is 1. The molecule has 0 bridgehead atoms. The Morgan fingerprint density at radius 1 is 1.45 bits per heavy atom. The van der Waals surface area contributed by atoms with Gasteiger partial charge in [-0.25, -0.2) is 5.01 Å². The van der Waals surface area contributed by atoms with Crippen LogP contribution in [0.25, 0.3) is 0 Å². The van der Waals surface area contributed by atoms with E-state index >= 15 is 0 Å². The summed E-state index contributed by atoms with van der Waals surface area (Å²) in [5.41, 5.74) is 3.00. The van der Waals surface area contributed by atoms with E-state index in [1.54, 1.807) is 0 Å². The average molecular weight is 160 g/mol. The van der Waals surface area contributed by atoms with Gasteiger partial charge in [0.2, 0.25) is 0 Å². The summed E-state index contributed by atoms with van der Waals surface area (Å²) in [6, 6.07) is 0. The summed E-state index contributed by atoms with van der Waals surface area (Å²) in [6.45, 7) is 6.36. The Bertz CT molecular complexity index is 113. The van der Waals surface area contributed by atoms with Crippen LogP contribution in [0.15, 0.2) is 0 Å². The SMILES string of the molecule is CCN(CC)NCCC(=O)O. The van der Waals surface area contributed by atoms with Gasteiger partial charge in [-0.2, -0.15) is 0 Å². The van der Waals surface area contributed by atoms with E-state index in [1.807, 2.05) is 18.9 Å². The number of nitrogens with one attached hydrogen (secondary N) is 1. The highest BCUT2D eigenvalue weighted by atomic mass is 16.4. The second kappa shape index (κ2) is 6.12. The average Bonchev–Trinajstić information content (AvgIpc) is 1.98. The molecule has 0 amide bonds. The van der Waals surface area contributed by atoms with Crippen molar-refractivity contribution in [3.8, 4) is 0 Å². The van der Waals surface area contributed by atoms with Crippen molar-refractivity contribution in [2.45, 2.75) is 20.3 Å². The zero-order valence-electron chi connectivity index (χ0n) is 7.13. The molecule has 0 saturated heterocycles. The van der Waals surface area contributed by atoms with E-state index in [0.717, 1.165) is 13.1 Å². The molecule has 4 heteroatoms.